The summed E-state index contributed by atoms with van der Waals surface area (Å²) in [7, 11) is 1.14. The SMILES string of the molecule is CN(O)C(=O)CC(O)c1cc(Cl)cc(Cl)c1O. The third kappa shape index (κ3) is 3.47. The van der Waals surface area contributed by atoms with Gasteiger partial charge in [-0.2, -0.15) is 0 Å². The van der Waals surface area contributed by atoms with Gasteiger partial charge in [-0.3, -0.25) is 10.0 Å². The van der Waals surface area contributed by atoms with Gasteiger partial charge in [0.15, 0.2) is 0 Å². The first-order valence-electron chi connectivity index (χ1n) is 4.64. The van der Waals surface area contributed by atoms with E-state index in [1.165, 1.54) is 12.1 Å². The van der Waals surface area contributed by atoms with Crippen LogP contribution in [0.1, 0.15) is 18.1 Å². The number of aromatic hydroxyl groups is 1. The molecule has 0 aliphatic rings. The van der Waals surface area contributed by atoms with E-state index in [1.807, 2.05) is 0 Å². The second kappa shape index (κ2) is 5.55. The number of aliphatic hydroxyl groups excluding tert-OH is 1. The summed E-state index contributed by atoms with van der Waals surface area (Å²) in [5, 5.41) is 28.8. The zero-order valence-electron chi connectivity index (χ0n) is 8.89. The van der Waals surface area contributed by atoms with Crippen molar-refractivity contribution in [3.63, 3.8) is 0 Å². The van der Waals surface area contributed by atoms with Crippen molar-refractivity contribution in [2.75, 3.05) is 7.05 Å². The van der Waals surface area contributed by atoms with Crippen LogP contribution in [-0.4, -0.2) is 33.4 Å². The summed E-state index contributed by atoms with van der Waals surface area (Å²) in [5.41, 5.74) is 0.0395. The van der Waals surface area contributed by atoms with Crippen molar-refractivity contribution < 1.29 is 20.2 Å². The molecule has 0 aromatic heterocycles. The van der Waals surface area contributed by atoms with E-state index in [0.717, 1.165) is 7.05 Å². The molecule has 17 heavy (non-hydrogen) atoms. The van der Waals surface area contributed by atoms with Crippen molar-refractivity contribution >= 4 is 29.1 Å². The Hall–Kier alpha value is -1.01. The van der Waals surface area contributed by atoms with Gasteiger partial charge in [-0.25, -0.2) is 5.06 Å². The number of carbonyl (C=O) groups excluding carboxylic acids is 1. The van der Waals surface area contributed by atoms with Crippen LogP contribution in [0.5, 0.6) is 5.75 Å². The second-order valence-corrected chi connectivity index (χ2v) is 4.31. The Morgan fingerprint density at radius 2 is 2.06 bits per heavy atom. The Morgan fingerprint density at radius 3 is 2.59 bits per heavy atom. The van der Waals surface area contributed by atoms with E-state index in [-0.39, 0.29) is 21.4 Å². The van der Waals surface area contributed by atoms with E-state index >= 15 is 0 Å². The number of phenols is 1. The molecule has 1 aromatic carbocycles. The number of benzene rings is 1. The molecule has 0 heterocycles. The largest absolute Gasteiger partial charge is 0.506 e. The van der Waals surface area contributed by atoms with Crippen molar-refractivity contribution in [1.29, 1.82) is 0 Å². The van der Waals surface area contributed by atoms with Crippen LogP contribution in [0.25, 0.3) is 0 Å². The van der Waals surface area contributed by atoms with Gasteiger partial charge in [0, 0.05) is 17.6 Å². The number of hydrogen-bond acceptors (Lipinski definition) is 4. The van der Waals surface area contributed by atoms with Crippen molar-refractivity contribution in [2.45, 2.75) is 12.5 Å². The van der Waals surface area contributed by atoms with Gasteiger partial charge in [-0.1, -0.05) is 23.2 Å². The van der Waals surface area contributed by atoms with E-state index < -0.39 is 18.4 Å². The topological polar surface area (TPSA) is 81.0 Å². The minimum atomic E-state index is -1.30. The van der Waals surface area contributed by atoms with E-state index in [9.17, 15) is 15.0 Å². The molecular weight excluding hydrogens is 269 g/mol. The molecule has 1 amide bonds. The lowest BCUT2D eigenvalue weighted by molar-refractivity contribution is -0.161. The minimum absolute atomic E-state index is 0.0173. The smallest absolute Gasteiger partial charge is 0.248 e. The highest BCUT2D eigenvalue weighted by atomic mass is 35.5. The van der Waals surface area contributed by atoms with Crippen LogP contribution in [0.3, 0.4) is 0 Å². The van der Waals surface area contributed by atoms with Crippen molar-refractivity contribution in [2.24, 2.45) is 0 Å². The summed E-state index contributed by atoms with van der Waals surface area (Å²) in [5.74, 6) is -1.04. The maximum Gasteiger partial charge on any atom is 0.248 e. The van der Waals surface area contributed by atoms with Crippen LogP contribution in [0, 0.1) is 0 Å². The van der Waals surface area contributed by atoms with Crippen molar-refractivity contribution in [3.8, 4) is 5.75 Å². The van der Waals surface area contributed by atoms with Gasteiger partial charge in [0.2, 0.25) is 5.91 Å². The van der Waals surface area contributed by atoms with Gasteiger partial charge in [0.1, 0.15) is 5.75 Å². The fourth-order valence-electron chi connectivity index (χ4n) is 1.25. The third-order valence-corrected chi connectivity index (χ3v) is 2.65. The summed E-state index contributed by atoms with van der Waals surface area (Å²) in [6.07, 6.45) is -1.69. The Bertz CT molecular complexity index is 437. The van der Waals surface area contributed by atoms with E-state index in [0.29, 0.717) is 5.06 Å². The van der Waals surface area contributed by atoms with Gasteiger partial charge < -0.3 is 10.2 Å². The predicted molar refractivity (Wildman–Crippen MR) is 62.3 cm³/mol. The Morgan fingerprint density at radius 1 is 1.47 bits per heavy atom. The van der Waals surface area contributed by atoms with E-state index in [2.05, 4.69) is 0 Å². The maximum absolute atomic E-state index is 11.2. The number of hydroxylamine groups is 2. The number of rotatable bonds is 3. The minimum Gasteiger partial charge on any atom is -0.506 e. The number of halogens is 2. The van der Waals surface area contributed by atoms with Crippen LogP contribution in [0.4, 0.5) is 0 Å². The van der Waals surface area contributed by atoms with Gasteiger partial charge in [0.05, 0.1) is 17.5 Å². The molecule has 0 aliphatic carbocycles. The summed E-state index contributed by atoms with van der Waals surface area (Å²) >= 11 is 11.4. The standard InChI is InChI=1S/C10H11Cl2NO4/c1-13(17)9(15)4-8(14)6-2-5(11)3-7(12)10(6)16/h2-3,8,14,16-17H,4H2,1H3. The summed E-state index contributed by atoms with van der Waals surface area (Å²) in [4.78, 5) is 11.2. The molecule has 1 atom stereocenters. The lowest BCUT2D eigenvalue weighted by Gasteiger charge is -2.15. The van der Waals surface area contributed by atoms with E-state index in [1.54, 1.807) is 0 Å². The lowest BCUT2D eigenvalue weighted by Crippen LogP contribution is -2.24. The summed E-state index contributed by atoms with van der Waals surface area (Å²) in [6.45, 7) is 0. The summed E-state index contributed by atoms with van der Waals surface area (Å²) in [6, 6.07) is 2.62. The van der Waals surface area contributed by atoms with Crippen LogP contribution in [0.15, 0.2) is 12.1 Å². The normalized spacial score (nSPS) is 12.3. The van der Waals surface area contributed by atoms with Crippen LogP contribution >= 0.6 is 23.2 Å². The third-order valence-electron chi connectivity index (χ3n) is 2.15. The van der Waals surface area contributed by atoms with Crippen LogP contribution < -0.4 is 0 Å². The van der Waals surface area contributed by atoms with Gasteiger partial charge >= 0.3 is 0 Å². The van der Waals surface area contributed by atoms with Crippen molar-refractivity contribution in [1.82, 2.24) is 5.06 Å². The number of phenolic OH excluding ortho intramolecular Hbond substituents is 1. The number of aliphatic hydroxyl groups is 1. The summed E-state index contributed by atoms with van der Waals surface area (Å²) < 4.78 is 0. The molecule has 0 radical (unpaired) electrons. The molecule has 1 aromatic rings. The molecule has 0 saturated carbocycles. The predicted octanol–water partition coefficient (Wildman–Crippen LogP) is 1.97. The molecule has 0 spiro atoms. The number of amides is 1. The van der Waals surface area contributed by atoms with Gasteiger partial charge in [0.25, 0.3) is 0 Å². The molecule has 1 unspecified atom stereocenters. The molecule has 3 N–H and O–H groups in total. The highest BCUT2D eigenvalue weighted by Gasteiger charge is 2.20. The Balaban J connectivity index is 2.96. The monoisotopic (exact) mass is 279 g/mol. The zero-order valence-corrected chi connectivity index (χ0v) is 10.4. The van der Waals surface area contributed by atoms with Gasteiger partial charge in [-0.05, 0) is 12.1 Å². The average molecular weight is 280 g/mol. The zero-order chi connectivity index (χ0) is 13.2. The van der Waals surface area contributed by atoms with Gasteiger partial charge in [-0.15, -0.1) is 0 Å². The second-order valence-electron chi connectivity index (χ2n) is 3.46. The molecule has 0 saturated heterocycles. The van der Waals surface area contributed by atoms with Crippen molar-refractivity contribution in [3.05, 3.63) is 27.7 Å². The molecule has 0 bridgehead atoms. The Kier molecular flexibility index (Phi) is 4.59. The quantitative estimate of drug-likeness (QED) is 0.584. The average Bonchev–Trinajstić information content (AvgIpc) is 2.22. The molecular formula is C10H11Cl2NO4. The Labute approximate surface area is 108 Å². The highest BCUT2D eigenvalue weighted by Crippen LogP contribution is 2.35. The number of hydrogen-bond donors (Lipinski definition) is 3. The molecule has 5 nitrogen and oxygen atoms in total. The molecule has 1 rings (SSSR count). The molecule has 0 aliphatic heterocycles. The molecule has 0 fully saturated rings. The lowest BCUT2D eigenvalue weighted by atomic mass is 10.1. The van der Waals surface area contributed by atoms with Crippen LogP contribution in [0.2, 0.25) is 10.0 Å². The first-order chi connectivity index (χ1) is 7.82. The fraction of sp³-hybridized carbons (Fsp3) is 0.300. The number of carbonyl (C=O) groups is 1. The molecule has 7 heteroatoms. The van der Waals surface area contributed by atoms with E-state index in [4.69, 9.17) is 28.4 Å². The fourth-order valence-corrected chi connectivity index (χ4v) is 1.76. The number of nitrogens with zero attached hydrogens (tertiary/aromatic N) is 1. The maximum atomic E-state index is 11.2. The first-order valence-corrected chi connectivity index (χ1v) is 5.40. The highest BCUT2D eigenvalue weighted by molar-refractivity contribution is 6.35. The molecule has 94 valence electrons. The van der Waals surface area contributed by atoms with Crippen LogP contribution in [-0.2, 0) is 4.79 Å². The first kappa shape index (κ1) is 14.1.